The molecule has 1 heteroatoms. The van der Waals surface area contributed by atoms with Gasteiger partial charge < -0.3 is 0 Å². The second-order valence-corrected chi connectivity index (χ2v) is 7.12. The largest absolute Gasteiger partial charge is 0.261 e. The van der Waals surface area contributed by atoms with Crippen LogP contribution in [0.2, 0.25) is 0 Å². The molecule has 0 bridgehead atoms. The van der Waals surface area contributed by atoms with Crippen molar-refractivity contribution in [2.24, 2.45) is 0 Å². The molecule has 0 saturated carbocycles. The number of nitrogens with zero attached hydrogens (tertiary/aromatic N) is 1. The molecule has 0 amide bonds. The van der Waals surface area contributed by atoms with Crippen LogP contribution in [0.4, 0.5) is 0 Å². The summed E-state index contributed by atoms with van der Waals surface area (Å²) in [5.74, 6) is 0. The average Bonchev–Trinajstić information content (AvgIpc) is 2.63. The quantitative estimate of drug-likeness (QED) is 0.348. The van der Waals surface area contributed by atoms with Crippen LogP contribution in [0.1, 0.15) is 89.7 Å². The monoisotopic (exact) mass is 325 g/mol. The molecule has 0 aliphatic rings. The number of hydrogen-bond donors (Lipinski definition) is 0. The van der Waals surface area contributed by atoms with Crippen LogP contribution >= 0.6 is 0 Å². The fraction of sp³-hybridized carbons (Fsp3) is 0.609. The molecule has 0 fully saturated rings. The molecule has 132 valence electrons. The Morgan fingerprint density at radius 1 is 0.667 bits per heavy atom. The van der Waals surface area contributed by atoms with Crippen molar-refractivity contribution in [1.82, 2.24) is 4.98 Å². The summed E-state index contributed by atoms with van der Waals surface area (Å²) in [5.41, 5.74) is 1.28. The summed E-state index contributed by atoms with van der Waals surface area (Å²) < 4.78 is 0. The highest BCUT2D eigenvalue weighted by Gasteiger charge is 2.01. The third-order valence-corrected chi connectivity index (χ3v) is 5.02. The van der Waals surface area contributed by atoms with Crippen molar-refractivity contribution < 1.29 is 0 Å². The summed E-state index contributed by atoms with van der Waals surface area (Å²) in [5, 5.41) is 2.66. The van der Waals surface area contributed by atoms with Gasteiger partial charge in [0.2, 0.25) is 0 Å². The Morgan fingerprint density at radius 3 is 1.92 bits per heavy atom. The standard InChI is InChI=1S/C23H35N/c1-2-3-4-5-6-7-8-9-10-11-12-13-18-23-22-17-15-14-16-21(22)19-20-24-23/h14-17,19-20H,2-13,18H2,1H3. The Hall–Kier alpha value is -1.37. The van der Waals surface area contributed by atoms with Crippen molar-refractivity contribution >= 4 is 10.8 Å². The highest BCUT2D eigenvalue weighted by molar-refractivity contribution is 5.84. The minimum absolute atomic E-state index is 1.12. The lowest BCUT2D eigenvalue weighted by Crippen LogP contribution is -1.92. The molecule has 0 radical (unpaired) electrons. The van der Waals surface area contributed by atoms with E-state index in [2.05, 4.69) is 42.2 Å². The van der Waals surface area contributed by atoms with Crippen molar-refractivity contribution in [2.45, 2.75) is 90.4 Å². The Morgan fingerprint density at radius 2 is 1.25 bits per heavy atom. The van der Waals surface area contributed by atoms with Gasteiger partial charge in [-0.15, -0.1) is 0 Å². The fourth-order valence-corrected chi connectivity index (χ4v) is 3.51. The molecule has 0 atom stereocenters. The Kier molecular flexibility index (Phi) is 9.53. The molecular formula is C23H35N. The lowest BCUT2D eigenvalue weighted by atomic mass is 10.0. The van der Waals surface area contributed by atoms with Gasteiger partial charge in [0.05, 0.1) is 0 Å². The summed E-state index contributed by atoms with van der Waals surface area (Å²) in [4.78, 5) is 4.60. The lowest BCUT2D eigenvalue weighted by Gasteiger charge is -2.06. The molecule has 1 aromatic carbocycles. The molecule has 2 rings (SSSR count). The minimum Gasteiger partial charge on any atom is -0.261 e. The third kappa shape index (κ3) is 7.03. The summed E-state index contributed by atoms with van der Waals surface area (Å²) in [6, 6.07) is 10.7. The molecule has 0 aliphatic heterocycles. The lowest BCUT2D eigenvalue weighted by molar-refractivity contribution is 0.543. The zero-order valence-corrected chi connectivity index (χ0v) is 15.6. The van der Waals surface area contributed by atoms with E-state index in [1.54, 1.807) is 0 Å². The van der Waals surface area contributed by atoms with Crippen LogP contribution in [-0.2, 0) is 6.42 Å². The Bertz CT molecular complexity index is 555. The van der Waals surface area contributed by atoms with E-state index in [4.69, 9.17) is 0 Å². The van der Waals surface area contributed by atoms with Crippen LogP contribution < -0.4 is 0 Å². The summed E-state index contributed by atoms with van der Waals surface area (Å²) in [7, 11) is 0. The molecule has 0 N–H and O–H groups in total. The summed E-state index contributed by atoms with van der Waals surface area (Å²) >= 11 is 0. The maximum Gasteiger partial charge on any atom is 0.0481 e. The molecule has 0 aliphatic carbocycles. The second-order valence-electron chi connectivity index (χ2n) is 7.12. The van der Waals surface area contributed by atoms with Gasteiger partial charge in [0, 0.05) is 17.3 Å². The number of rotatable bonds is 13. The van der Waals surface area contributed by atoms with Gasteiger partial charge in [0.15, 0.2) is 0 Å². The predicted molar refractivity (Wildman–Crippen MR) is 107 cm³/mol. The SMILES string of the molecule is CCCCCCCCCCCCCCc1nccc2ccccc12. The maximum atomic E-state index is 4.60. The van der Waals surface area contributed by atoms with Gasteiger partial charge >= 0.3 is 0 Å². The first-order valence-electron chi connectivity index (χ1n) is 10.2. The molecule has 0 saturated heterocycles. The van der Waals surface area contributed by atoms with Gasteiger partial charge in [-0.25, -0.2) is 0 Å². The van der Waals surface area contributed by atoms with Gasteiger partial charge in [-0.2, -0.15) is 0 Å². The molecule has 2 aromatic rings. The van der Waals surface area contributed by atoms with Crippen LogP contribution in [0.15, 0.2) is 36.5 Å². The fourth-order valence-electron chi connectivity index (χ4n) is 3.51. The topological polar surface area (TPSA) is 12.9 Å². The van der Waals surface area contributed by atoms with E-state index in [0.29, 0.717) is 0 Å². The third-order valence-electron chi connectivity index (χ3n) is 5.02. The number of unbranched alkanes of at least 4 members (excludes halogenated alkanes) is 11. The van der Waals surface area contributed by atoms with Gasteiger partial charge in [-0.3, -0.25) is 4.98 Å². The first-order valence-corrected chi connectivity index (χ1v) is 10.2. The Labute approximate surface area is 148 Å². The highest BCUT2D eigenvalue weighted by Crippen LogP contribution is 2.19. The molecule has 24 heavy (non-hydrogen) atoms. The summed E-state index contributed by atoms with van der Waals surface area (Å²) in [6.07, 6.45) is 20.0. The minimum atomic E-state index is 1.12. The maximum absolute atomic E-state index is 4.60. The average molecular weight is 326 g/mol. The van der Waals surface area contributed by atoms with E-state index in [1.807, 2.05) is 6.20 Å². The van der Waals surface area contributed by atoms with Crippen LogP contribution in [0.25, 0.3) is 10.8 Å². The molecule has 0 spiro atoms. The van der Waals surface area contributed by atoms with Crippen molar-refractivity contribution in [3.05, 3.63) is 42.2 Å². The normalized spacial score (nSPS) is 11.2. The van der Waals surface area contributed by atoms with Crippen LogP contribution in [0, 0.1) is 0 Å². The molecule has 1 aromatic heterocycles. The van der Waals surface area contributed by atoms with E-state index in [0.717, 1.165) is 6.42 Å². The van der Waals surface area contributed by atoms with E-state index < -0.39 is 0 Å². The number of hydrogen-bond acceptors (Lipinski definition) is 1. The molecular weight excluding hydrogens is 290 g/mol. The van der Waals surface area contributed by atoms with E-state index >= 15 is 0 Å². The smallest absolute Gasteiger partial charge is 0.0481 e. The van der Waals surface area contributed by atoms with E-state index in [9.17, 15) is 0 Å². The van der Waals surface area contributed by atoms with Gasteiger partial charge in [0.1, 0.15) is 0 Å². The van der Waals surface area contributed by atoms with E-state index in [1.165, 1.54) is 93.5 Å². The number of aryl methyl sites for hydroxylation is 1. The van der Waals surface area contributed by atoms with Crippen molar-refractivity contribution in [3.63, 3.8) is 0 Å². The van der Waals surface area contributed by atoms with Gasteiger partial charge in [-0.1, -0.05) is 102 Å². The predicted octanol–water partition coefficient (Wildman–Crippen LogP) is 7.48. The van der Waals surface area contributed by atoms with Crippen LogP contribution in [0.5, 0.6) is 0 Å². The molecule has 1 heterocycles. The number of fused-ring (bicyclic) bond motifs is 1. The number of benzene rings is 1. The molecule has 1 nitrogen and oxygen atoms in total. The van der Waals surface area contributed by atoms with Crippen molar-refractivity contribution in [2.75, 3.05) is 0 Å². The Balaban J connectivity index is 1.49. The van der Waals surface area contributed by atoms with E-state index in [-0.39, 0.29) is 0 Å². The van der Waals surface area contributed by atoms with Crippen molar-refractivity contribution in [1.29, 1.82) is 0 Å². The van der Waals surface area contributed by atoms with Crippen LogP contribution in [-0.4, -0.2) is 4.98 Å². The summed E-state index contributed by atoms with van der Waals surface area (Å²) in [6.45, 7) is 2.29. The zero-order chi connectivity index (χ0) is 16.9. The first kappa shape index (κ1) is 19.0. The second kappa shape index (κ2) is 12.1. The van der Waals surface area contributed by atoms with Gasteiger partial charge in [0.25, 0.3) is 0 Å². The van der Waals surface area contributed by atoms with Crippen LogP contribution in [0.3, 0.4) is 0 Å². The molecule has 0 unspecified atom stereocenters. The zero-order valence-electron chi connectivity index (χ0n) is 15.6. The van der Waals surface area contributed by atoms with Gasteiger partial charge in [-0.05, 0) is 24.3 Å². The number of pyridine rings is 1. The first-order chi connectivity index (χ1) is 11.9. The highest BCUT2D eigenvalue weighted by atomic mass is 14.7. The number of aromatic nitrogens is 1. The van der Waals surface area contributed by atoms with Crippen molar-refractivity contribution in [3.8, 4) is 0 Å².